The standard InChI is InChI=1S/C18H29NO/c1-4-18(3,19-12-8-5-9-13-19)17(20)14-16-11-7-6-10-15(16)2/h6-7,10-11,17,20H,4-5,8-9,12-14H2,1-3H3. The van der Waals surface area contributed by atoms with Crippen molar-refractivity contribution in [1.29, 1.82) is 0 Å². The first kappa shape index (κ1) is 15.5. The van der Waals surface area contributed by atoms with Gasteiger partial charge in [-0.3, -0.25) is 4.90 Å². The number of benzene rings is 1. The van der Waals surface area contributed by atoms with Gasteiger partial charge in [-0.05, 0) is 57.3 Å². The zero-order valence-corrected chi connectivity index (χ0v) is 13.2. The van der Waals surface area contributed by atoms with Gasteiger partial charge in [-0.1, -0.05) is 37.6 Å². The van der Waals surface area contributed by atoms with E-state index in [2.05, 4.69) is 49.9 Å². The van der Waals surface area contributed by atoms with Crippen LogP contribution in [0.4, 0.5) is 0 Å². The number of rotatable bonds is 5. The summed E-state index contributed by atoms with van der Waals surface area (Å²) < 4.78 is 0. The topological polar surface area (TPSA) is 23.5 Å². The summed E-state index contributed by atoms with van der Waals surface area (Å²) in [4.78, 5) is 2.51. The molecule has 1 aromatic rings. The third-order valence-corrected chi connectivity index (χ3v) is 5.19. The van der Waals surface area contributed by atoms with Gasteiger partial charge in [0.15, 0.2) is 0 Å². The average molecular weight is 275 g/mol. The molecule has 1 N–H and O–H groups in total. The summed E-state index contributed by atoms with van der Waals surface area (Å²) in [6.45, 7) is 8.84. The van der Waals surface area contributed by atoms with Crippen LogP contribution in [0.25, 0.3) is 0 Å². The van der Waals surface area contributed by atoms with Crippen LogP contribution in [-0.2, 0) is 6.42 Å². The van der Waals surface area contributed by atoms with E-state index in [1.165, 1.54) is 30.4 Å². The van der Waals surface area contributed by atoms with E-state index in [1.54, 1.807) is 0 Å². The lowest BCUT2D eigenvalue weighted by molar-refractivity contribution is -0.0329. The van der Waals surface area contributed by atoms with Gasteiger partial charge in [0.05, 0.1) is 6.10 Å². The Morgan fingerprint density at radius 1 is 1.20 bits per heavy atom. The predicted molar refractivity (Wildman–Crippen MR) is 85.0 cm³/mol. The zero-order valence-electron chi connectivity index (χ0n) is 13.2. The van der Waals surface area contributed by atoms with Crippen LogP contribution in [0.3, 0.4) is 0 Å². The van der Waals surface area contributed by atoms with Crippen LogP contribution in [0, 0.1) is 6.92 Å². The van der Waals surface area contributed by atoms with E-state index < -0.39 is 0 Å². The average Bonchev–Trinajstić information content (AvgIpc) is 2.49. The minimum atomic E-state index is -0.299. The number of hydrogen-bond donors (Lipinski definition) is 1. The van der Waals surface area contributed by atoms with Crippen LogP contribution in [0.5, 0.6) is 0 Å². The van der Waals surface area contributed by atoms with E-state index in [-0.39, 0.29) is 11.6 Å². The Balaban J connectivity index is 2.11. The van der Waals surface area contributed by atoms with Gasteiger partial charge >= 0.3 is 0 Å². The van der Waals surface area contributed by atoms with Crippen molar-refractivity contribution < 1.29 is 5.11 Å². The summed E-state index contributed by atoms with van der Waals surface area (Å²) in [7, 11) is 0. The van der Waals surface area contributed by atoms with Gasteiger partial charge in [0.25, 0.3) is 0 Å². The maximum atomic E-state index is 10.9. The first-order valence-corrected chi connectivity index (χ1v) is 8.05. The molecule has 2 atom stereocenters. The van der Waals surface area contributed by atoms with Gasteiger partial charge in [-0.15, -0.1) is 0 Å². The van der Waals surface area contributed by atoms with Crippen molar-refractivity contribution >= 4 is 0 Å². The maximum absolute atomic E-state index is 10.9. The van der Waals surface area contributed by atoms with Crippen LogP contribution >= 0.6 is 0 Å². The largest absolute Gasteiger partial charge is 0.391 e. The summed E-state index contributed by atoms with van der Waals surface area (Å²) in [5.74, 6) is 0. The number of likely N-dealkylation sites (tertiary alicyclic amines) is 1. The predicted octanol–water partition coefficient (Wildman–Crippen LogP) is 3.55. The first-order valence-electron chi connectivity index (χ1n) is 8.05. The Morgan fingerprint density at radius 3 is 2.45 bits per heavy atom. The molecular formula is C18H29NO. The van der Waals surface area contributed by atoms with Crippen molar-refractivity contribution in [2.45, 2.75) is 64.5 Å². The summed E-state index contributed by atoms with van der Waals surface area (Å²) in [6, 6.07) is 8.41. The van der Waals surface area contributed by atoms with E-state index in [0.717, 1.165) is 25.9 Å². The summed E-state index contributed by atoms with van der Waals surface area (Å²) in [6.07, 6.45) is 5.34. The number of piperidine rings is 1. The van der Waals surface area contributed by atoms with Crippen LogP contribution in [0.2, 0.25) is 0 Å². The lowest BCUT2D eigenvalue weighted by atomic mass is 9.83. The molecule has 1 saturated heterocycles. The molecule has 1 aliphatic rings. The summed E-state index contributed by atoms with van der Waals surface area (Å²) >= 11 is 0. The number of aliphatic hydroxyl groups is 1. The van der Waals surface area contributed by atoms with Gasteiger partial charge < -0.3 is 5.11 Å². The monoisotopic (exact) mass is 275 g/mol. The van der Waals surface area contributed by atoms with Crippen molar-refractivity contribution in [3.63, 3.8) is 0 Å². The molecule has 2 unspecified atom stereocenters. The van der Waals surface area contributed by atoms with Crippen molar-refractivity contribution in [2.75, 3.05) is 13.1 Å². The highest BCUT2D eigenvalue weighted by Crippen LogP contribution is 2.29. The Morgan fingerprint density at radius 2 is 1.85 bits per heavy atom. The fraction of sp³-hybridized carbons (Fsp3) is 0.667. The molecule has 0 spiro atoms. The number of aryl methyl sites for hydroxylation is 1. The van der Waals surface area contributed by atoms with E-state index in [0.29, 0.717) is 0 Å². The molecule has 0 radical (unpaired) electrons. The van der Waals surface area contributed by atoms with Crippen molar-refractivity contribution in [3.8, 4) is 0 Å². The quantitative estimate of drug-likeness (QED) is 0.888. The van der Waals surface area contributed by atoms with Crippen LogP contribution in [-0.4, -0.2) is 34.7 Å². The zero-order chi connectivity index (χ0) is 14.6. The second-order valence-electron chi connectivity index (χ2n) is 6.40. The minimum Gasteiger partial charge on any atom is -0.391 e. The van der Waals surface area contributed by atoms with E-state index in [4.69, 9.17) is 0 Å². The molecule has 0 amide bonds. The van der Waals surface area contributed by atoms with Crippen LogP contribution < -0.4 is 0 Å². The van der Waals surface area contributed by atoms with Crippen LogP contribution in [0.1, 0.15) is 50.7 Å². The van der Waals surface area contributed by atoms with Gasteiger partial charge in [0.2, 0.25) is 0 Å². The van der Waals surface area contributed by atoms with E-state index in [9.17, 15) is 5.11 Å². The second-order valence-corrected chi connectivity index (χ2v) is 6.40. The fourth-order valence-electron chi connectivity index (χ4n) is 3.34. The lowest BCUT2D eigenvalue weighted by Gasteiger charge is -2.46. The fourth-order valence-corrected chi connectivity index (χ4v) is 3.34. The van der Waals surface area contributed by atoms with Gasteiger partial charge in [-0.25, -0.2) is 0 Å². The van der Waals surface area contributed by atoms with Crippen molar-refractivity contribution in [3.05, 3.63) is 35.4 Å². The third kappa shape index (κ3) is 3.24. The normalized spacial score (nSPS) is 21.4. The van der Waals surface area contributed by atoms with Gasteiger partial charge in [0.1, 0.15) is 0 Å². The molecule has 0 aromatic heterocycles. The smallest absolute Gasteiger partial charge is 0.0761 e. The Labute approximate surface area is 123 Å². The molecule has 20 heavy (non-hydrogen) atoms. The molecule has 2 heteroatoms. The molecule has 1 aliphatic heterocycles. The van der Waals surface area contributed by atoms with Crippen molar-refractivity contribution in [1.82, 2.24) is 4.90 Å². The molecule has 1 aromatic carbocycles. The second kappa shape index (κ2) is 6.73. The molecule has 2 rings (SSSR count). The molecule has 0 aliphatic carbocycles. The molecule has 112 valence electrons. The Hall–Kier alpha value is -0.860. The molecule has 0 saturated carbocycles. The summed E-state index contributed by atoms with van der Waals surface area (Å²) in [5, 5.41) is 10.9. The van der Waals surface area contributed by atoms with Gasteiger partial charge in [-0.2, -0.15) is 0 Å². The molecule has 1 fully saturated rings. The number of hydrogen-bond acceptors (Lipinski definition) is 2. The highest BCUT2D eigenvalue weighted by molar-refractivity contribution is 5.26. The maximum Gasteiger partial charge on any atom is 0.0761 e. The van der Waals surface area contributed by atoms with Crippen LogP contribution in [0.15, 0.2) is 24.3 Å². The van der Waals surface area contributed by atoms with E-state index >= 15 is 0 Å². The van der Waals surface area contributed by atoms with E-state index in [1.807, 2.05) is 0 Å². The number of aliphatic hydroxyl groups excluding tert-OH is 1. The Kier molecular flexibility index (Phi) is 5.22. The molecule has 1 heterocycles. The SMILES string of the molecule is CCC(C)(C(O)Cc1ccccc1C)N1CCCCC1. The highest BCUT2D eigenvalue weighted by atomic mass is 16.3. The highest BCUT2D eigenvalue weighted by Gasteiger charge is 2.37. The van der Waals surface area contributed by atoms with Gasteiger partial charge in [0, 0.05) is 12.0 Å². The molecule has 2 nitrogen and oxygen atoms in total. The minimum absolute atomic E-state index is 0.0945. The number of nitrogens with zero attached hydrogens (tertiary/aromatic N) is 1. The first-order chi connectivity index (χ1) is 9.58. The van der Waals surface area contributed by atoms with Crippen molar-refractivity contribution in [2.24, 2.45) is 0 Å². The third-order valence-electron chi connectivity index (χ3n) is 5.19. The molecular weight excluding hydrogens is 246 g/mol. The lowest BCUT2D eigenvalue weighted by Crippen LogP contribution is -2.56. The molecule has 0 bridgehead atoms. The Bertz CT molecular complexity index is 425. The summed E-state index contributed by atoms with van der Waals surface area (Å²) in [5.41, 5.74) is 2.46.